The van der Waals surface area contributed by atoms with E-state index in [0.717, 1.165) is 0 Å². The van der Waals surface area contributed by atoms with Crippen LogP contribution in [0.4, 0.5) is 0 Å². The van der Waals surface area contributed by atoms with Gasteiger partial charge in [-0.05, 0) is 19.3 Å². The lowest BCUT2D eigenvalue weighted by Gasteiger charge is -2.26. The van der Waals surface area contributed by atoms with Crippen molar-refractivity contribution in [2.75, 3.05) is 11.5 Å². The van der Waals surface area contributed by atoms with Gasteiger partial charge in [0, 0.05) is 11.5 Å². The minimum Gasteiger partial charge on any atom is -0.373 e. The summed E-state index contributed by atoms with van der Waals surface area (Å²) < 4.78 is 6.50. The highest BCUT2D eigenvalue weighted by atomic mass is 32.2. The van der Waals surface area contributed by atoms with Crippen molar-refractivity contribution >= 4 is 23.5 Å². The van der Waals surface area contributed by atoms with E-state index in [1.54, 1.807) is 0 Å². The van der Waals surface area contributed by atoms with Crippen LogP contribution in [0.25, 0.3) is 0 Å². The molecule has 2 fully saturated rings. The van der Waals surface area contributed by atoms with Crippen LogP contribution in [0, 0.1) is 0 Å². The van der Waals surface area contributed by atoms with Crippen LogP contribution >= 0.6 is 23.5 Å². The summed E-state index contributed by atoms with van der Waals surface area (Å²) >= 11 is 4.28. The van der Waals surface area contributed by atoms with Crippen LogP contribution in [-0.4, -0.2) is 27.8 Å². The van der Waals surface area contributed by atoms with Crippen LogP contribution in [0.15, 0.2) is 0 Å². The Morgan fingerprint density at radius 2 is 1.92 bits per heavy atom. The molecule has 0 bridgehead atoms. The first-order valence-electron chi connectivity index (χ1n) is 5.24. The molecule has 0 saturated carbocycles. The maximum atomic E-state index is 6.06. The molecule has 2 heterocycles. The largest absolute Gasteiger partial charge is 0.373 e. The van der Waals surface area contributed by atoms with Gasteiger partial charge in [0.15, 0.2) is 0 Å². The van der Waals surface area contributed by atoms with E-state index in [2.05, 4.69) is 37.4 Å². The molecule has 0 N–H and O–H groups in total. The predicted octanol–water partition coefficient (Wildman–Crippen LogP) is 3.14. The van der Waals surface area contributed by atoms with E-state index in [0.29, 0.717) is 16.3 Å². The molecule has 2 aliphatic heterocycles. The second kappa shape index (κ2) is 4.03. The van der Waals surface area contributed by atoms with E-state index in [1.807, 2.05) is 0 Å². The quantitative estimate of drug-likeness (QED) is 0.705. The van der Waals surface area contributed by atoms with Crippen molar-refractivity contribution in [3.8, 4) is 0 Å². The minimum atomic E-state index is 0.440. The molecule has 0 aromatic carbocycles. The summed E-state index contributed by atoms with van der Waals surface area (Å²) in [6, 6.07) is 0. The van der Waals surface area contributed by atoms with Crippen LogP contribution in [0.2, 0.25) is 0 Å². The first-order chi connectivity index (χ1) is 6.30. The first-order valence-corrected chi connectivity index (χ1v) is 7.21. The summed E-state index contributed by atoms with van der Waals surface area (Å²) in [5.41, 5.74) is 0. The van der Waals surface area contributed by atoms with Gasteiger partial charge in [-0.1, -0.05) is 13.8 Å². The Morgan fingerprint density at radius 3 is 2.46 bits per heavy atom. The van der Waals surface area contributed by atoms with Crippen molar-refractivity contribution in [2.45, 2.75) is 49.4 Å². The summed E-state index contributed by atoms with van der Waals surface area (Å²) in [7, 11) is 0. The number of ether oxygens (including phenoxy) is 1. The Kier molecular flexibility index (Phi) is 3.16. The van der Waals surface area contributed by atoms with Crippen molar-refractivity contribution in [1.29, 1.82) is 0 Å². The van der Waals surface area contributed by atoms with E-state index < -0.39 is 0 Å². The van der Waals surface area contributed by atoms with Crippen LogP contribution in [0.1, 0.15) is 33.1 Å². The maximum Gasteiger partial charge on any atom is 0.0896 e. The van der Waals surface area contributed by atoms with Crippen molar-refractivity contribution < 1.29 is 4.74 Å². The molecule has 1 nitrogen and oxygen atoms in total. The molecule has 0 aliphatic carbocycles. The first kappa shape index (κ1) is 10.2. The Hall–Kier alpha value is 0.660. The van der Waals surface area contributed by atoms with Gasteiger partial charge in [-0.3, -0.25) is 0 Å². The molecule has 2 saturated heterocycles. The third-order valence-corrected chi connectivity index (χ3v) is 6.58. The van der Waals surface area contributed by atoms with Gasteiger partial charge in [0.25, 0.3) is 0 Å². The Labute approximate surface area is 89.4 Å². The molecule has 76 valence electrons. The molecule has 0 radical (unpaired) electrons. The van der Waals surface area contributed by atoms with Gasteiger partial charge in [0.2, 0.25) is 0 Å². The number of thioether (sulfide) groups is 2. The van der Waals surface area contributed by atoms with Crippen LogP contribution in [0.3, 0.4) is 0 Å². The molecule has 13 heavy (non-hydrogen) atoms. The SMILES string of the molecule is CCC1CC2(SCCS2)C(CC)O1. The van der Waals surface area contributed by atoms with Crippen molar-refractivity contribution in [3.63, 3.8) is 0 Å². The molecule has 2 aliphatic rings. The monoisotopic (exact) mass is 218 g/mol. The molecular weight excluding hydrogens is 200 g/mol. The van der Waals surface area contributed by atoms with Gasteiger partial charge in [0.1, 0.15) is 0 Å². The summed E-state index contributed by atoms with van der Waals surface area (Å²) in [6.45, 7) is 4.49. The lowest BCUT2D eigenvalue weighted by Crippen LogP contribution is -2.28. The highest BCUT2D eigenvalue weighted by molar-refractivity contribution is 8.21. The fourth-order valence-corrected chi connectivity index (χ4v) is 5.87. The van der Waals surface area contributed by atoms with Crippen molar-refractivity contribution in [3.05, 3.63) is 0 Å². The average Bonchev–Trinajstić information content (AvgIpc) is 2.74. The van der Waals surface area contributed by atoms with Gasteiger partial charge in [-0.15, -0.1) is 23.5 Å². The summed E-state index contributed by atoms with van der Waals surface area (Å²) in [4.78, 5) is 0. The highest BCUT2D eigenvalue weighted by Crippen LogP contribution is 2.55. The highest BCUT2D eigenvalue weighted by Gasteiger charge is 2.49. The Balaban J connectivity index is 2.08. The molecule has 1 spiro atoms. The summed E-state index contributed by atoms with van der Waals surface area (Å²) in [5, 5.41) is 0. The van der Waals surface area contributed by atoms with Crippen LogP contribution < -0.4 is 0 Å². The van der Waals surface area contributed by atoms with Crippen LogP contribution in [-0.2, 0) is 4.74 Å². The molecule has 2 rings (SSSR count). The zero-order valence-electron chi connectivity index (χ0n) is 8.41. The normalized spacial score (nSPS) is 37.4. The third kappa shape index (κ3) is 1.75. The molecule has 0 aromatic rings. The molecular formula is C10H18OS2. The molecule has 0 aromatic heterocycles. The minimum absolute atomic E-state index is 0.440. The molecule has 3 heteroatoms. The number of hydrogen-bond acceptors (Lipinski definition) is 3. The van der Waals surface area contributed by atoms with Crippen LogP contribution in [0.5, 0.6) is 0 Å². The lowest BCUT2D eigenvalue weighted by atomic mass is 10.1. The topological polar surface area (TPSA) is 9.23 Å². The summed E-state index contributed by atoms with van der Waals surface area (Å²) in [5.74, 6) is 2.64. The van der Waals surface area contributed by atoms with E-state index in [4.69, 9.17) is 4.74 Å². The second-order valence-corrected chi connectivity index (χ2v) is 6.89. The number of rotatable bonds is 2. The van der Waals surface area contributed by atoms with Gasteiger partial charge < -0.3 is 4.74 Å². The zero-order chi connectivity index (χ0) is 9.31. The van der Waals surface area contributed by atoms with Gasteiger partial charge >= 0.3 is 0 Å². The second-order valence-electron chi connectivity index (χ2n) is 3.78. The van der Waals surface area contributed by atoms with E-state index >= 15 is 0 Å². The smallest absolute Gasteiger partial charge is 0.0896 e. The average molecular weight is 218 g/mol. The fourth-order valence-electron chi connectivity index (χ4n) is 2.25. The lowest BCUT2D eigenvalue weighted by molar-refractivity contribution is 0.0410. The maximum absolute atomic E-state index is 6.06. The zero-order valence-corrected chi connectivity index (χ0v) is 10.0. The predicted molar refractivity (Wildman–Crippen MR) is 61.5 cm³/mol. The standard InChI is InChI=1S/C10H18OS2/c1-3-8-7-10(9(4-2)11-8)12-5-6-13-10/h8-9H,3-7H2,1-2H3. The number of hydrogen-bond donors (Lipinski definition) is 0. The van der Waals surface area contributed by atoms with Gasteiger partial charge in [0.05, 0.1) is 16.3 Å². The van der Waals surface area contributed by atoms with E-state index in [1.165, 1.54) is 30.8 Å². The molecule has 2 atom stereocenters. The van der Waals surface area contributed by atoms with E-state index in [9.17, 15) is 0 Å². The Bertz CT molecular complexity index is 178. The molecule has 2 unspecified atom stereocenters. The van der Waals surface area contributed by atoms with Crippen molar-refractivity contribution in [2.24, 2.45) is 0 Å². The Morgan fingerprint density at radius 1 is 1.23 bits per heavy atom. The van der Waals surface area contributed by atoms with Gasteiger partial charge in [-0.25, -0.2) is 0 Å². The van der Waals surface area contributed by atoms with Gasteiger partial charge in [-0.2, -0.15) is 0 Å². The molecule has 0 amide bonds. The third-order valence-electron chi connectivity index (χ3n) is 2.96. The fraction of sp³-hybridized carbons (Fsp3) is 1.00. The van der Waals surface area contributed by atoms with Crippen molar-refractivity contribution in [1.82, 2.24) is 0 Å². The summed E-state index contributed by atoms with van der Waals surface area (Å²) in [6.07, 6.45) is 4.67. The van der Waals surface area contributed by atoms with E-state index in [-0.39, 0.29) is 0 Å².